The van der Waals surface area contributed by atoms with Crippen molar-refractivity contribution in [3.05, 3.63) is 36.0 Å². The number of aromatic nitrogens is 3. The van der Waals surface area contributed by atoms with Gasteiger partial charge in [-0.15, -0.1) is 0 Å². The van der Waals surface area contributed by atoms with E-state index in [9.17, 15) is 9.18 Å². The van der Waals surface area contributed by atoms with Gasteiger partial charge < -0.3 is 20.5 Å². The molecule has 0 aromatic carbocycles. The first-order valence-electron chi connectivity index (χ1n) is 10.2. The van der Waals surface area contributed by atoms with Gasteiger partial charge in [0, 0.05) is 18.9 Å². The summed E-state index contributed by atoms with van der Waals surface area (Å²) < 4.78 is 26.0. The van der Waals surface area contributed by atoms with Gasteiger partial charge in [0.1, 0.15) is 11.9 Å². The van der Waals surface area contributed by atoms with Crippen LogP contribution in [-0.2, 0) is 9.53 Å². The molecule has 2 heterocycles. The number of anilines is 1. The van der Waals surface area contributed by atoms with Crippen LogP contribution in [0, 0.1) is 17.7 Å². The van der Waals surface area contributed by atoms with Crippen molar-refractivity contribution in [3.8, 4) is 5.88 Å². The second-order valence-corrected chi connectivity index (χ2v) is 7.97. The molecule has 2 aromatic rings. The third kappa shape index (κ3) is 5.14. The fourth-order valence-corrected chi connectivity index (χ4v) is 3.98. The Morgan fingerprint density at radius 3 is 2.73 bits per heavy atom. The highest BCUT2D eigenvalue weighted by atomic mass is 19.1. The molecule has 0 radical (unpaired) electrons. The molecule has 30 heavy (non-hydrogen) atoms. The molecule has 1 aliphatic rings. The van der Waals surface area contributed by atoms with Crippen LogP contribution in [0.15, 0.2) is 24.7 Å². The Bertz CT molecular complexity index is 851. The maximum absolute atomic E-state index is 13.8. The van der Waals surface area contributed by atoms with Gasteiger partial charge >= 0.3 is 0 Å². The van der Waals surface area contributed by atoms with E-state index in [0.29, 0.717) is 17.2 Å². The Morgan fingerprint density at radius 2 is 2.07 bits per heavy atom. The average Bonchev–Trinajstić information content (AvgIpc) is 3.20. The van der Waals surface area contributed by atoms with E-state index in [1.165, 1.54) is 19.4 Å². The van der Waals surface area contributed by atoms with E-state index in [0.717, 1.165) is 31.9 Å². The van der Waals surface area contributed by atoms with E-state index in [4.69, 9.17) is 15.2 Å². The number of methoxy groups -OCH3 is 2. The second kappa shape index (κ2) is 9.99. The Labute approximate surface area is 175 Å². The molecule has 0 aliphatic heterocycles. The van der Waals surface area contributed by atoms with Gasteiger partial charge in [-0.2, -0.15) is 5.10 Å². The number of ether oxygens (including phenoxy) is 2. The topological polar surface area (TPSA) is 104 Å². The fourth-order valence-electron chi connectivity index (χ4n) is 3.98. The van der Waals surface area contributed by atoms with Gasteiger partial charge in [0.2, 0.25) is 11.8 Å². The molecule has 2 aromatic heterocycles. The lowest BCUT2D eigenvalue weighted by Crippen LogP contribution is -2.43. The van der Waals surface area contributed by atoms with Crippen LogP contribution in [0.25, 0.3) is 0 Å². The van der Waals surface area contributed by atoms with Crippen LogP contribution in [0.4, 0.5) is 10.1 Å². The predicted octanol–water partition coefficient (Wildman–Crippen LogP) is 2.75. The van der Waals surface area contributed by atoms with E-state index in [1.807, 2.05) is 0 Å². The number of carbonyl (C=O) groups excluding carboxylic acids is 1. The van der Waals surface area contributed by atoms with Crippen LogP contribution in [0.5, 0.6) is 5.88 Å². The number of pyridine rings is 1. The zero-order chi connectivity index (χ0) is 21.7. The standard InChI is InChI=1S/C21H30FN5O3/c1-13-4-6-14(7-5-13)19(23)20(28)26-16-10-25-27(11-16)18(12-29-2)17-8-15(22)9-24-21(17)30-3/h8-11,13-14,18-19H,4-7,12,23H2,1-3H3,(H,26,28)/t13-,14-,18?,19-/m0/s1. The van der Waals surface area contributed by atoms with E-state index in [2.05, 4.69) is 22.3 Å². The van der Waals surface area contributed by atoms with Crippen molar-refractivity contribution in [1.82, 2.24) is 14.8 Å². The molecule has 0 saturated heterocycles. The lowest BCUT2D eigenvalue weighted by molar-refractivity contribution is -0.118. The maximum atomic E-state index is 13.8. The molecule has 0 bridgehead atoms. The number of amides is 1. The van der Waals surface area contributed by atoms with Crippen LogP contribution in [-0.4, -0.2) is 47.5 Å². The summed E-state index contributed by atoms with van der Waals surface area (Å²) in [5, 5.41) is 7.18. The minimum atomic E-state index is -0.553. The van der Waals surface area contributed by atoms with E-state index < -0.39 is 17.9 Å². The molecule has 9 heteroatoms. The van der Waals surface area contributed by atoms with Crippen LogP contribution in [0.2, 0.25) is 0 Å². The van der Waals surface area contributed by atoms with Crippen molar-refractivity contribution in [2.75, 3.05) is 26.1 Å². The Kier molecular flexibility index (Phi) is 7.38. The molecular weight excluding hydrogens is 389 g/mol. The summed E-state index contributed by atoms with van der Waals surface area (Å²) in [5.41, 5.74) is 7.23. The van der Waals surface area contributed by atoms with E-state index in [1.54, 1.807) is 18.0 Å². The van der Waals surface area contributed by atoms with Gasteiger partial charge in [-0.1, -0.05) is 19.8 Å². The molecule has 2 atom stereocenters. The van der Waals surface area contributed by atoms with Gasteiger partial charge in [-0.25, -0.2) is 9.37 Å². The molecule has 3 N–H and O–H groups in total. The Hall–Kier alpha value is -2.52. The SMILES string of the molecule is COCC(c1cc(F)cnc1OC)n1cc(NC(=O)[C@@H](N)[C@H]2CC[C@H](C)CC2)cn1. The number of nitrogens with zero attached hydrogens (tertiary/aromatic N) is 3. The molecule has 164 valence electrons. The smallest absolute Gasteiger partial charge is 0.241 e. The second-order valence-electron chi connectivity index (χ2n) is 7.97. The van der Waals surface area contributed by atoms with Crippen molar-refractivity contribution in [1.29, 1.82) is 0 Å². The largest absolute Gasteiger partial charge is 0.481 e. The summed E-state index contributed by atoms with van der Waals surface area (Å²) in [7, 11) is 3.01. The first-order chi connectivity index (χ1) is 14.4. The molecule has 1 saturated carbocycles. The number of halogens is 1. The fraction of sp³-hybridized carbons (Fsp3) is 0.571. The van der Waals surface area contributed by atoms with Crippen molar-refractivity contribution < 1.29 is 18.7 Å². The number of rotatable bonds is 8. The molecule has 8 nitrogen and oxygen atoms in total. The first kappa shape index (κ1) is 22.2. The third-order valence-electron chi connectivity index (χ3n) is 5.78. The summed E-state index contributed by atoms with van der Waals surface area (Å²) >= 11 is 0. The van der Waals surface area contributed by atoms with E-state index >= 15 is 0 Å². The normalized spacial score (nSPS) is 21.1. The Morgan fingerprint density at radius 1 is 1.33 bits per heavy atom. The molecule has 0 spiro atoms. The zero-order valence-electron chi connectivity index (χ0n) is 17.7. The highest BCUT2D eigenvalue weighted by Crippen LogP contribution is 2.31. The lowest BCUT2D eigenvalue weighted by atomic mass is 9.79. The van der Waals surface area contributed by atoms with Gasteiger partial charge in [0.25, 0.3) is 0 Å². The van der Waals surface area contributed by atoms with Crippen LogP contribution in [0.3, 0.4) is 0 Å². The van der Waals surface area contributed by atoms with Gasteiger partial charge in [0.15, 0.2) is 0 Å². The number of hydrogen-bond donors (Lipinski definition) is 2. The molecule has 1 aliphatic carbocycles. The molecular formula is C21H30FN5O3. The van der Waals surface area contributed by atoms with E-state index in [-0.39, 0.29) is 24.3 Å². The van der Waals surface area contributed by atoms with Crippen LogP contribution >= 0.6 is 0 Å². The van der Waals surface area contributed by atoms with Crippen LogP contribution in [0.1, 0.15) is 44.2 Å². The monoisotopic (exact) mass is 419 g/mol. The number of hydrogen-bond acceptors (Lipinski definition) is 6. The van der Waals surface area contributed by atoms with Gasteiger partial charge in [-0.3, -0.25) is 9.48 Å². The molecule has 3 rings (SSSR count). The highest BCUT2D eigenvalue weighted by Gasteiger charge is 2.29. The quantitative estimate of drug-likeness (QED) is 0.682. The highest BCUT2D eigenvalue weighted by molar-refractivity contribution is 5.94. The number of carbonyl (C=O) groups is 1. The molecule has 1 amide bonds. The Balaban J connectivity index is 1.73. The van der Waals surface area contributed by atoms with Crippen LogP contribution < -0.4 is 15.8 Å². The summed E-state index contributed by atoms with van der Waals surface area (Å²) in [4.78, 5) is 16.6. The molecule has 1 fully saturated rings. The summed E-state index contributed by atoms with van der Waals surface area (Å²) in [6.07, 6.45) is 8.44. The van der Waals surface area contributed by atoms with Gasteiger partial charge in [0.05, 0.1) is 37.8 Å². The van der Waals surface area contributed by atoms with Gasteiger partial charge in [-0.05, 0) is 30.7 Å². The maximum Gasteiger partial charge on any atom is 0.241 e. The van der Waals surface area contributed by atoms with Crippen molar-refractivity contribution in [2.45, 2.75) is 44.7 Å². The van der Waals surface area contributed by atoms with Crippen molar-refractivity contribution >= 4 is 11.6 Å². The average molecular weight is 420 g/mol. The summed E-state index contributed by atoms with van der Waals surface area (Å²) in [6.45, 7) is 2.45. The van der Waals surface area contributed by atoms with Crippen molar-refractivity contribution in [3.63, 3.8) is 0 Å². The summed E-state index contributed by atoms with van der Waals surface area (Å²) in [6, 6.07) is 0.311. The number of nitrogens with one attached hydrogen (secondary N) is 1. The predicted molar refractivity (Wildman–Crippen MR) is 111 cm³/mol. The first-order valence-corrected chi connectivity index (χ1v) is 10.2. The lowest BCUT2D eigenvalue weighted by Gasteiger charge is -2.29. The zero-order valence-corrected chi connectivity index (χ0v) is 17.7. The number of nitrogens with two attached hydrogens (primary N) is 1. The molecule has 1 unspecified atom stereocenters. The third-order valence-corrected chi connectivity index (χ3v) is 5.78. The minimum absolute atomic E-state index is 0.195. The summed E-state index contributed by atoms with van der Waals surface area (Å²) in [5.74, 6) is 0.470. The van der Waals surface area contributed by atoms with Crippen molar-refractivity contribution in [2.24, 2.45) is 17.6 Å². The minimum Gasteiger partial charge on any atom is -0.481 e.